The maximum Gasteiger partial charge on any atom is 0.0701 e. The van der Waals surface area contributed by atoms with Gasteiger partial charge in [0.1, 0.15) is 0 Å². The Bertz CT molecular complexity index is 312. The molecule has 4 heteroatoms. The van der Waals surface area contributed by atoms with Crippen LogP contribution >= 0.6 is 27.3 Å². The van der Waals surface area contributed by atoms with Crippen LogP contribution in [0, 0.1) is 0 Å². The summed E-state index contributed by atoms with van der Waals surface area (Å²) in [5.74, 6) is 0. The molecule has 1 unspecified atom stereocenters. The molecule has 0 bridgehead atoms. The highest BCUT2D eigenvalue weighted by Crippen LogP contribution is 2.26. The van der Waals surface area contributed by atoms with Crippen molar-refractivity contribution in [3.05, 3.63) is 20.8 Å². The van der Waals surface area contributed by atoms with Crippen LogP contribution in [-0.4, -0.2) is 31.1 Å². The summed E-state index contributed by atoms with van der Waals surface area (Å²) in [6, 6.07) is 5.35. The van der Waals surface area contributed by atoms with Crippen LogP contribution in [0.1, 0.15) is 31.7 Å². The van der Waals surface area contributed by atoms with Crippen LogP contribution in [0.2, 0.25) is 0 Å². The Hall–Kier alpha value is 0.1000. The Morgan fingerprint density at radius 1 is 1.38 bits per heavy atom. The maximum absolute atomic E-state index is 3.55. The van der Waals surface area contributed by atoms with E-state index in [0.29, 0.717) is 12.1 Å². The van der Waals surface area contributed by atoms with E-state index in [2.05, 4.69) is 66.1 Å². The molecular formula is C12H21BrN2S. The molecule has 0 aliphatic carbocycles. The molecule has 1 heterocycles. The zero-order valence-electron chi connectivity index (χ0n) is 10.5. The molecule has 1 atom stereocenters. The predicted octanol–water partition coefficient (Wildman–Crippen LogP) is 3.50. The third kappa shape index (κ3) is 4.53. The molecule has 0 saturated heterocycles. The normalized spacial score (nSPS) is 13.7. The molecule has 0 amide bonds. The molecule has 1 aromatic rings. The SMILES string of the molecule is CC(NCCN(C)C(C)C)c1ccc(Br)s1. The van der Waals surface area contributed by atoms with Gasteiger partial charge in [-0.3, -0.25) is 0 Å². The van der Waals surface area contributed by atoms with Crippen LogP contribution in [0.15, 0.2) is 15.9 Å². The first kappa shape index (κ1) is 14.2. The topological polar surface area (TPSA) is 15.3 Å². The van der Waals surface area contributed by atoms with E-state index in [1.165, 1.54) is 8.66 Å². The molecule has 1 N–H and O–H groups in total. The fourth-order valence-electron chi connectivity index (χ4n) is 1.38. The number of hydrogen-bond acceptors (Lipinski definition) is 3. The monoisotopic (exact) mass is 304 g/mol. The summed E-state index contributed by atoms with van der Waals surface area (Å²) >= 11 is 5.29. The summed E-state index contributed by atoms with van der Waals surface area (Å²) in [4.78, 5) is 3.74. The summed E-state index contributed by atoms with van der Waals surface area (Å²) in [6.07, 6.45) is 0. The van der Waals surface area contributed by atoms with Gasteiger partial charge in [0.25, 0.3) is 0 Å². The minimum Gasteiger partial charge on any atom is -0.308 e. The van der Waals surface area contributed by atoms with Crippen molar-refractivity contribution in [2.24, 2.45) is 0 Å². The fraction of sp³-hybridized carbons (Fsp3) is 0.667. The number of likely N-dealkylation sites (N-methyl/N-ethyl adjacent to an activating group) is 1. The average molecular weight is 305 g/mol. The fourth-order valence-corrected chi connectivity index (χ4v) is 2.83. The lowest BCUT2D eigenvalue weighted by Crippen LogP contribution is -2.34. The summed E-state index contributed by atoms with van der Waals surface area (Å²) in [7, 11) is 2.17. The second-order valence-electron chi connectivity index (χ2n) is 4.39. The zero-order valence-corrected chi connectivity index (χ0v) is 12.9. The van der Waals surface area contributed by atoms with E-state index in [4.69, 9.17) is 0 Å². The van der Waals surface area contributed by atoms with Crippen LogP contribution in [-0.2, 0) is 0 Å². The summed E-state index contributed by atoms with van der Waals surface area (Å²) in [5, 5.41) is 3.55. The Kier molecular flexibility index (Phi) is 5.97. The molecule has 0 aliphatic rings. The first-order chi connectivity index (χ1) is 7.50. The van der Waals surface area contributed by atoms with Gasteiger partial charge in [-0.15, -0.1) is 11.3 Å². The van der Waals surface area contributed by atoms with Crippen molar-refractivity contribution < 1.29 is 0 Å². The highest BCUT2D eigenvalue weighted by atomic mass is 79.9. The van der Waals surface area contributed by atoms with Crippen LogP contribution in [0.3, 0.4) is 0 Å². The molecule has 0 aromatic carbocycles. The van der Waals surface area contributed by atoms with Crippen LogP contribution in [0.4, 0.5) is 0 Å². The molecule has 1 aromatic heterocycles. The van der Waals surface area contributed by atoms with Crippen molar-refractivity contribution in [2.75, 3.05) is 20.1 Å². The van der Waals surface area contributed by atoms with Crippen LogP contribution in [0.5, 0.6) is 0 Å². The van der Waals surface area contributed by atoms with Gasteiger partial charge < -0.3 is 10.2 Å². The third-order valence-electron chi connectivity index (χ3n) is 2.82. The van der Waals surface area contributed by atoms with Crippen molar-refractivity contribution in [3.8, 4) is 0 Å². The summed E-state index contributed by atoms with van der Waals surface area (Å²) in [6.45, 7) is 8.78. The summed E-state index contributed by atoms with van der Waals surface area (Å²) in [5.41, 5.74) is 0. The zero-order chi connectivity index (χ0) is 12.1. The third-order valence-corrected chi connectivity index (χ3v) is 4.62. The quantitative estimate of drug-likeness (QED) is 0.865. The van der Waals surface area contributed by atoms with E-state index in [-0.39, 0.29) is 0 Å². The van der Waals surface area contributed by atoms with Gasteiger partial charge >= 0.3 is 0 Å². The van der Waals surface area contributed by atoms with E-state index in [1.54, 1.807) is 11.3 Å². The number of halogens is 1. The molecule has 0 fully saturated rings. The van der Waals surface area contributed by atoms with Gasteiger partial charge in [-0.25, -0.2) is 0 Å². The smallest absolute Gasteiger partial charge is 0.0701 e. The van der Waals surface area contributed by atoms with Gasteiger partial charge in [-0.05, 0) is 55.9 Å². The van der Waals surface area contributed by atoms with E-state index in [1.807, 2.05) is 0 Å². The molecule has 0 aliphatic heterocycles. The van der Waals surface area contributed by atoms with E-state index in [0.717, 1.165) is 13.1 Å². The molecule has 0 radical (unpaired) electrons. The molecule has 16 heavy (non-hydrogen) atoms. The molecule has 1 rings (SSSR count). The lowest BCUT2D eigenvalue weighted by molar-refractivity contribution is 0.270. The Morgan fingerprint density at radius 2 is 2.06 bits per heavy atom. The van der Waals surface area contributed by atoms with Gasteiger partial charge in [-0.2, -0.15) is 0 Å². The predicted molar refractivity (Wildman–Crippen MR) is 76.2 cm³/mol. The lowest BCUT2D eigenvalue weighted by Gasteiger charge is -2.22. The van der Waals surface area contributed by atoms with E-state index < -0.39 is 0 Å². The molecule has 0 spiro atoms. The Labute approximate surface area is 111 Å². The largest absolute Gasteiger partial charge is 0.308 e. The highest BCUT2D eigenvalue weighted by Gasteiger charge is 2.08. The number of nitrogens with one attached hydrogen (secondary N) is 1. The van der Waals surface area contributed by atoms with Gasteiger partial charge in [0.2, 0.25) is 0 Å². The average Bonchev–Trinajstić information content (AvgIpc) is 2.64. The minimum atomic E-state index is 0.442. The molecule has 0 saturated carbocycles. The second kappa shape index (κ2) is 6.74. The van der Waals surface area contributed by atoms with Crippen molar-refractivity contribution in [2.45, 2.75) is 32.9 Å². The summed E-state index contributed by atoms with van der Waals surface area (Å²) < 4.78 is 1.20. The van der Waals surface area contributed by atoms with Crippen molar-refractivity contribution in [1.29, 1.82) is 0 Å². The van der Waals surface area contributed by atoms with Gasteiger partial charge in [-0.1, -0.05) is 0 Å². The number of hydrogen-bond donors (Lipinski definition) is 1. The number of rotatable bonds is 6. The van der Waals surface area contributed by atoms with Crippen molar-refractivity contribution in [1.82, 2.24) is 10.2 Å². The lowest BCUT2D eigenvalue weighted by atomic mass is 10.2. The van der Waals surface area contributed by atoms with Crippen LogP contribution in [0.25, 0.3) is 0 Å². The second-order valence-corrected chi connectivity index (χ2v) is 6.89. The highest BCUT2D eigenvalue weighted by molar-refractivity contribution is 9.11. The van der Waals surface area contributed by atoms with E-state index in [9.17, 15) is 0 Å². The van der Waals surface area contributed by atoms with Gasteiger partial charge in [0.15, 0.2) is 0 Å². The standard InChI is InChI=1S/C12H21BrN2S/c1-9(2)15(4)8-7-14-10(3)11-5-6-12(13)16-11/h5-6,9-10,14H,7-8H2,1-4H3. The number of nitrogens with zero attached hydrogens (tertiary/aromatic N) is 1. The van der Waals surface area contributed by atoms with Gasteiger partial charge in [0.05, 0.1) is 3.79 Å². The van der Waals surface area contributed by atoms with Crippen molar-refractivity contribution in [3.63, 3.8) is 0 Å². The minimum absolute atomic E-state index is 0.442. The van der Waals surface area contributed by atoms with Gasteiger partial charge in [0, 0.05) is 30.1 Å². The molecule has 2 nitrogen and oxygen atoms in total. The van der Waals surface area contributed by atoms with Crippen molar-refractivity contribution >= 4 is 27.3 Å². The maximum atomic E-state index is 3.55. The first-order valence-electron chi connectivity index (χ1n) is 5.69. The van der Waals surface area contributed by atoms with Crippen LogP contribution < -0.4 is 5.32 Å². The first-order valence-corrected chi connectivity index (χ1v) is 7.30. The molecular weight excluding hydrogens is 284 g/mol. The Balaban J connectivity index is 2.28. The molecule has 92 valence electrons. The van der Waals surface area contributed by atoms with E-state index >= 15 is 0 Å². The Morgan fingerprint density at radius 3 is 2.56 bits per heavy atom. The number of thiophene rings is 1.